The van der Waals surface area contributed by atoms with Gasteiger partial charge in [-0.15, -0.1) is 0 Å². The van der Waals surface area contributed by atoms with Crippen LogP contribution in [0.15, 0.2) is 42.5 Å². The molecule has 0 aromatic heterocycles. The summed E-state index contributed by atoms with van der Waals surface area (Å²) in [6.07, 6.45) is 0.0994. The highest BCUT2D eigenvalue weighted by atomic mass is 35.5. The molecule has 0 fully saturated rings. The van der Waals surface area contributed by atoms with Gasteiger partial charge in [-0.1, -0.05) is 53.0 Å². The first kappa shape index (κ1) is 18.3. The Morgan fingerprint density at radius 1 is 1.12 bits per heavy atom. The summed E-state index contributed by atoms with van der Waals surface area (Å²) in [7, 11) is 0. The first-order valence-electron chi connectivity index (χ1n) is 7.38. The number of hydrogen-bond donors (Lipinski definition) is 2. The SMILES string of the molecule is Cc1cccc(C[C@@H](CC(=O)O)C(=O)Nc2ccc(Cl)c(Cl)c2)c1. The molecular weight excluding hydrogens is 349 g/mol. The highest BCUT2D eigenvalue weighted by Gasteiger charge is 2.22. The van der Waals surface area contributed by atoms with Crippen molar-refractivity contribution in [2.24, 2.45) is 5.92 Å². The lowest BCUT2D eigenvalue weighted by Crippen LogP contribution is -2.27. The van der Waals surface area contributed by atoms with E-state index in [1.54, 1.807) is 12.1 Å². The minimum Gasteiger partial charge on any atom is -0.481 e. The van der Waals surface area contributed by atoms with E-state index in [2.05, 4.69) is 5.32 Å². The number of nitrogens with one attached hydrogen (secondary N) is 1. The van der Waals surface area contributed by atoms with Crippen LogP contribution in [0.25, 0.3) is 0 Å². The van der Waals surface area contributed by atoms with E-state index in [-0.39, 0.29) is 12.3 Å². The number of halogens is 2. The third-order valence-electron chi connectivity index (χ3n) is 3.54. The van der Waals surface area contributed by atoms with Gasteiger partial charge in [0.1, 0.15) is 0 Å². The number of aliphatic carboxylic acids is 1. The molecule has 0 unspecified atom stereocenters. The minimum atomic E-state index is -1.02. The van der Waals surface area contributed by atoms with Crippen molar-refractivity contribution in [1.82, 2.24) is 0 Å². The first-order chi connectivity index (χ1) is 11.3. The van der Waals surface area contributed by atoms with Crippen LogP contribution in [-0.4, -0.2) is 17.0 Å². The number of carbonyl (C=O) groups is 2. The number of carbonyl (C=O) groups excluding carboxylic acids is 1. The van der Waals surface area contributed by atoms with Crippen LogP contribution in [0.5, 0.6) is 0 Å². The van der Waals surface area contributed by atoms with Gasteiger partial charge in [-0.05, 0) is 37.1 Å². The molecule has 1 atom stereocenters. The number of anilines is 1. The van der Waals surface area contributed by atoms with Crippen molar-refractivity contribution in [2.75, 3.05) is 5.32 Å². The van der Waals surface area contributed by atoms with E-state index in [9.17, 15) is 9.59 Å². The Morgan fingerprint density at radius 2 is 1.88 bits per heavy atom. The standard InChI is InChI=1S/C18H17Cl2NO3/c1-11-3-2-4-12(7-11)8-13(9-17(22)23)18(24)21-14-5-6-15(19)16(20)10-14/h2-7,10,13H,8-9H2,1H3,(H,21,24)(H,22,23)/t13-/m0/s1. The molecule has 0 aliphatic heterocycles. The molecule has 4 nitrogen and oxygen atoms in total. The summed E-state index contributed by atoms with van der Waals surface area (Å²) < 4.78 is 0. The zero-order valence-electron chi connectivity index (χ0n) is 13.1. The van der Waals surface area contributed by atoms with Gasteiger partial charge < -0.3 is 10.4 Å². The van der Waals surface area contributed by atoms with Gasteiger partial charge in [0.2, 0.25) is 5.91 Å². The minimum absolute atomic E-state index is 0.249. The van der Waals surface area contributed by atoms with Crippen molar-refractivity contribution in [3.8, 4) is 0 Å². The molecule has 2 aromatic carbocycles. The van der Waals surface area contributed by atoms with Gasteiger partial charge in [0.25, 0.3) is 0 Å². The molecule has 126 valence electrons. The molecule has 0 saturated carbocycles. The van der Waals surface area contributed by atoms with Crippen molar-refractivity contribution < 1.29 is 14.7 Å². The van der Waals surface area contributed by atoms with E-state index in [0.29, 0.717) is 22.2 Å². The smallest absolute Gasteiger partial charge is 0.304 e. The molecule has 0 radical (unpaired) electrons. The first-order valence-corrected chi connectivity index (χ1v) is 8.14. The molecule has 24 heavy (non-hydrogen) atoms. The molecule has 1 amide bonds. The molecule has 2 rings (SSSR count). The Hall–Kier alpha value is -2.04. The Bertz CT molecular complexity index is 762. The van der Waals surface area contributed by atoms with E-state index in [0.717, 1.165) is 11.1 Å². The van der Waals surface area contributed by atoms with Crippen molar-refractivity contribution in [3.63, 3.8) is 0 Å². The highest BCUT2D eigenvalue weighted by molar-refractivity contribution is 6.42. The van der Waals surface area contributed by atoms with E-state index in [4.69, 9.17) is 28.3 Å². The van der Waals surface area contributed by atoms with E-state index in [1.165, 1.54) is 6.07 Å². The molecular formula is C18H17Cl2NO3. The summed E-state index contributed by atoms with van der Waals surface area (Å²) in [5.41, 5.74) is 2.46. The molecule has 0 aliphatic carbocycles. The summed E-state index contributed by atoms with van der Waals surface area (Å²) in [6.45, 7) is 1.95. The summed E-state index contributed by atoms with van der Waals surface area (Å²) in [6, 6.07) is 12.4. The third kappa shape index (κ3) is 5.25. The maximum Gasteiger partial charge on any atom is 0.304 e. The second-order valence-corrected chi connectivity index (χ2v) is 6.42. The average Bonchev–Trinajstić information content (AvgIpc) is 2.50. The number of carboxylic acid groups (broad SMARTS) is 1. The van der Waals surface area contributed by atoms with Gasteiger partial charge in [-0.2, -0.15) is 0 Å². The second-order valence-electron chi connectivity index (χ2n) is 5.61. The van der Waals surface area contributed by atoms with Gasteiger partial charge >= 0.3 is 5.97 Å². The van der Waals surface area contributed by atoms with Crippen LogP contribution in [0.1, 0.15) is 17.5 Å². The van der Waals surface area contributed by atoms with E-state index < -0.39 is 11.9 Å². The maximum absolute atomic E-state index is 12.5. The molecule has 2 N–H and O–H groups in total. The molecule has 0 spiro atoms. The second kappa shape index (κ2) is 8.18. The molecule has 6 heteroatoms. The van der Waals surface area contributed by atoms with Gasteiger partial charge in [0.15, 0.2) is 0 Å². The van der Waals surface area contributed by atoms with Crippen LogP contribution < -0.4 is 5.32 Å². The van der Waals surface area contributed by atoms with Crippen LogP contribution in [0.4, 0.5) is 5.69 Å². The fraction of sp³-hybridized carbons (Fsp3) is 0.222. The number of amides is 1. The predicted octanol–water partition coefficient (Wildman–Crippen LogP) is 4.57. The number of rotatable bonds is 6. The van der Waals surface area contributed by atoms with Crippen LogP contribution >= 0.6 is 23.2 Å². The van der Waals surface area contributed by atoms with Gasteiger partial charge in [0, 0.05) is 5.69 Å². The highest BCUT2D eigenvalue weighted by Crippen LogP contribution is 2.26. The summed E-state index contributed by atoms with van der Waals surface area (Å²) in [4.78, 5) is 23.6. The lowest BCUT2D eigenvalue weighted by Gasteiger charge is -2.16. The molecule has 0 aliphatic rings. The van der Waals surface area contributed by atoms with Crippen molar-refractivity contribution in [3.05, 3.63) is 63.6 Å². The summed E-state index contributed by atoms with van der Waals surface area (Å²) >= 11 is 11.8. The average molecular weight is 366 g/mol. The van der Waals surface area contributed by atoms with E-state index in [1.807, 2.05) is 31.2 Å². The fourth-order valence-electron chi connectivity index (χ4n) is 2.41. The summed E-state index contributed by atoms with van der Waals surface area (Å²) in [5, 5.41) is 12.5. The predicted molar refractivity (Wildman–Crippen MR) is 95.7 cm³/mol. The molecule has 0 saturated heterocycles. The zero-order chi connectivity index (χ0) is 17.7. The van der Waals surface area contributed by atoms with Crippen LogP contribution in [0, 0.1) is 12.8 Å². The summed E-state index contributed by atoms with van der Waals surface area (Å²) in [5.74, 6) is -2.06. The molecule has 0 heterocycles. The van der Waals surface area contributed by atoms with Crippen molar-refractivity contribution >= 4 is 40.8 Å². The monoisotopic (exact) mass is 365 g/mol. The largest absolute Gasteiger partial charge is 0.481 e. The Labute approximate surface area is 150 Å². The lowest BCUT2D eigenvalue weighted by molar-refractivity contribution is -0.140. The third-order valence-corrected chi connectivity index (χ3v) is 4.28. The van der Waals surface area contributed by atoms with Crippen LogP contribution in [0.2, 0.25) is 10.0 Å². The van der Waals surface area contributed by atoms with Crippen molar-refractivity contribution in [2.45, 2.75) is 19.8 Å². The number of benzene rings is 2. The van der Waals surface area contributed by atoms with Crippen molar-refractivity contribution in [1.29, 1.82) is 0 Å². The van der Waals surface area contributed by atoms with Crippen LogP contribution in [0.3, 0.4) is 0 Å². The Balaban J connectivity index is 2.15. The Kier molecular flexibility index (Phi) is 6.23. The lowest BCUT2D eigenvalue weighted by atomic mass is 9.94. The van der Waals surface area contributed by atoms with Gasteiger partial charge in [-0.3, -0.25) is 9.59 Å². The molecule has 2 aromatic rings. The number of aryl methyl sites for hydroxylation is 1. The van der Waals surface area contributed by atoms with E-state index >= 15 is 0 Å². The number of carboxylic acids is 1. The topological polar surface area (TPSA) is 66.4 Å². The fourth-order valence-corrected chi connectivity index (χ4v) is 2.71. The molecule has 0 bridgehead atoms. The Morgan fingerprint density at radius 3 is 2.50 bits per heavy atom. The van der Waals surface area contributed by atoms with Gasteiger partial charge in [-0.25, -0.2) is 0 Å². The zero-order valence-corrected chi connectivity index (χ0v) is 14.6. The van der Waals surface area contributed by atoms with Crippen LogP contribution in [-0.2, 0) is 16.0 Å². The van der Waals surface area contributed by atoms with Gasteiger partial charge in [0.05, 0.1) is 22.4 Å². The normalized spacial score (nSPS) is 11.8. The maximum atomic E-state index is 12.5. The number of hydrogen-bond acceptors (Lipinski definition) is 2. The quantitative estimate of drug-likeness (QED) is 0.787.